The van der Waals surface area contributed by atoms with Crippen molar-refractivity contribution in [3.05, 3.63) is 48.3 Å². The molecule has 138 valence electrons. The Kier molecular flexibility index (Phi) is 4.54. The quantitative estimate of drug-likeness (QED) is 0.795. The molecule has 2 aliphatic heterocycles. The lowest BCUT2D eigenvalue weighted by atomic mass is 10.1. The number of piperazine rings is 1. The van der Waals surface area contributed by atoms with Crippen LogP contribution in [0.2, 0.25) is 0 Å². The van der Waals surface area contributed by atoms with Crippen LogP contribution in [0.5, 0.6) is 0 Å². The number of amides is 1. The third-order valence-corrected chi connectivity index (χ3v) is 6.96. The fourth-order valence-electron chi connectivity index (χ4n) is 3.71. The fourth-order valence-corrected chi connectivity index (χ4v) is 5.48. The molecule has 1 aromatic carbocycles. The van der Waals surface area contributed by atoms with E-state index in [1.54, 1.807) is 10.9 Å². The zero-order chi connectivity index (χ0) is 18.1. The van der Waals surface area contributed by atoms with Gasteiger partial charge in [0.2, 0.25) is 0 Å². The number of carbonyl (C=O) groups excluding carboxylic acids is 1. The molecule has 0 bridgehead atoms. The average Bonchev–Trinajstić information content (AvgIpc) is 3.31. The number of hydrogen-bond acceptors (Lipinski definition) is 5. The molecule has 0 spiro atoms. The molecule has 4 rings (SSSR count). The number of hydrogen-bond donors (Lipinski definition) is 0. The first-order chi connectivity index (χ1) is 12.5. The zero-order valence-corrected chi connectivity index (χ0v) is 15.3. The summed E-state index contributed by atoms with van der Waals surface area (Å²) in [6.07, 6.45) is 4.29. The van der Waals surface area contributed by atoms with Crippen LogP contribution in [0.25, 0.3) is 5.69 Å². The van der Waals surface area contributed by atoms with Crippen LogP contribution in [0, 0.1) is 0 Å². The van der Waals surface area contributed by atoms with E-state index < -0.39 is 9.84 Å². The molecule has 26 heavy (non-hydrogen) atoms. The van der Waals surface area contributed by atoms with Crippen LogP contribution in [-0.2, 0) is 9.84 Å². The van der Waals surface area contributed by atoms with E-state index in [-0.39, 0.29) is 17.7 Å². The average molecular weight is 374 g/mol. The van der Waals surface area contributed by atoms with Crippen LogP contribution in [0.3, 0.4) is 0 Å². The minimum Gasteiger partial charge on any atom is -0.336 e. The van der Waals surface area contributed by atoms with Crippen LogP contribution >= 0.6 is 0 Å². The lowest BCUT2D eigenvalue weighted by Crippen LogP contribution is -2.52. The summed E-state index contributed by atoms with van der Waals surface area (Å²) in [6.45, 7) is 2.74. The van der Waals surface area contributed by atoms with Gasteiger partial charge >= 0.3 is 0 Å². The van der Waals surface area contributed by atoms with E-state index in [9.17, 15) is 13.2 Å². The van der Waals surface area contributed by atoms with E-state index in [2.05, 4.69) is 10.00 Å². The maximum Gasteiger partial charge on any atom is 0.253 e. The van der Waals surface area contributed by atoms with Gasteiger partial charge < -0.3 is 4.90 Å². The molecular formula is C18H22N4O3S. The zero-order valence-electron chi connectivity index (χ0n) is 14.5. The predicted molar refractivity (Wildman–Crippen MR) is 98.1 cm³/mol. The van der Waals surface area contributed by atoms with E-state index in [1.807, 2.05) is 41.4 Å². The number of carbonyl (C=O) groups is 1. The number of sulfone groups is 1. The molecular weight excluding hydrogens is 352 g/mol. The lowest BCUT2D eigenvalue weighted by Gasteiger charge is -2.37. The standard InChI is InChI=1S/C18H22N4O3S/c23-18(15-2-4-16(5-3-15)22-8-1-7-19-22)21-11-9-20(10-12-21)17-6-13-26(24,25)14-17/h1-5,7-8,17H,6,9-14H2. The molecule has 0 aliphatic carbocycles. The van der Waals surface area contributed by atoms with Gasteiger partial charge in [-0.3, -0.25) is 9.69 Å². The van der Waals surface area contributed by atoms with E-state index in [1.165, 1.54) is 0 Å². The van der Waals surface area contributed by atoms with Gasteiger partial charge in [-0.1, -0.05) is 0 Å². The Labute approximate surface area is 153 Å². The Morgan fingerprint density at radius 3 is 2.38 bits per heavy atom. The highest BCUT2D eigenvalue weighted by Gasteiger charge is 2.34. The van der Waals surface area contributed by atoms with Crippen molar-refractivity contribution in [1.29, 1.82) is 0 Å². The van der Waals surface area contributed by atoms with Gasteiger partial charge in [0, 0.05) is 50.2 Å². The summed E-state index contributed by atoms with van der Waals surface area (Å²) in [7, 11) is -2.87. The second-order valence-corrected chi connectivity index (χ2v) is 9.11. The van der Waals surface area contributed by atoms with Crippen LogP contribution in [0.15, 0.2) is 42.7 Å². The minimum atomic E-state index is -2.87. The van der Waals surface area contributed by atoms with Crippen molar-refractivity contribution in [2.45, 2.75) is 12.5 Å². The molecule has 1 aromatic heterocycles. The van der Waals surface area contributed by atoms with Crippen molar-refractivity contribution < 1.29 is 13.2 Å². The van der Waals surface area contributed by atoms with Crippen molar-refractivity contribution in [2.24, 2.45) is 0 Å². The Hall–Kier alpha value is -2.19. The highest BCUT2D eigenvalue weighted by atomic mass is 32.2. The molecule has 1 unspecified atom stereocenters. The van der Waals surface area contributed by atoms with Crippen molar-refractivity contribution in [1.82, 2.24) is 19.6 Å². The lowest BCUT2D eigenvalue weighted by molar-refractivity contribution is 0.0588. The second-order valence-electron chi connectivity index (χ2n) is 6.88. The summed E-state index contributed by atoms with van der Waals surface area (Å²) in [5.41, 5.74) is 1.58. The van der Waals surface area contributed by atoms with E-state index in [0.29, 0.717) is 30.8 Å². The summed E-state index contributed by atoms with van der Waals surface area (Å²) in [6, 6.07) is 9.41. The molecule has 7 nitrogen and oxygen atoms in total. The van der Waals surface area contributed by atoms with Gasteiger partial charge in [-0.2, -0.15) is 5.10 Å². The van der Waals surface area contributed by atoms with Crippen molar-refractivity contribution >= 4 is 15.7 Å². The van der Waals surface area contributed by atoms with Crippen LogP contribution in [0.1, 0.15) is 16.8 Å². The van der Waals surface area contributed by atoms with Gasteiger partial charge in [-0.25, -0.2) is 13.1 Å². The Bertz CT molecular complexity index is 870. The van der Waals surface area contributed by atoms with Gasteiger partial charge in [0.15, 0.2) is 9.84 Å². The highest BCUT2D eigenvalue weighted by Crippen LogP contribution is 2.20. The summed E-state index contributed by atoms with van der Waals surface area (Å²) in [5, 5.41) is 4.18. The van der Waals surface area contributed by atoms with Crippen LogP contribution < -0.4 is 0 Å². The largest absolute Gasteiger partial charge is 0.336 e. The molecule has 0 saturated carbocycles. The third kappa shape index (κ3) is 3.52. The molecule has 2 aliphatic rings. The number of aromatic nitrogens is 2. The smallest absolute Gasteiger partial charge is 0.253 e. The summed E-state index contributed by atoms with van der Waals surface area (Å²) < 4.78 is 25.1. The Balaban J connectivity index is 1.36. The molecule has 1 amide bonds. The Morgan fingerprint density at radius 2 is 1.81 bits per heavy atom. The monoisotopic (exact) mass is 374 g/mol. The van der Waals surface area contributed by atoms with Crippen molar-refractivity contribution in [2.75, 3.05) is 37.7 Å². The number of benzene rings is 1. The molecule has 8 heteroatoms. The summed E-state index contributed by atoms with van der Waals surface area (Å²) in [5.74, 6) is 0.575. The summed E-state index contributed by atoms with van der Waals surface area (Å²) in [4.78, 5) is 16.8. The van der Waals surface area contributed by atoms with E-state index in [0.717, 1.165) is 18.8 Å². The van der Waals surface area contributed by atoms with Gasteiger partial charge in [0.25, 0.3) is 5.91 Å². The van der Waals surface area contributed by atoms with E-state index in [4.69, 9.17) is 0 Å². The predicted octanol–water partition coefficient (Wildman–Crippen LogP) is 0.817. The van der Waals surface area contributed by atoms with Gasteiger partial charge in [0.05, 0.1) is 17.2 Å². The second kappa shape index (κ2) is 6.85. The first-order valence-corrected chi connectivity index (χ1v) is 10.7. The molecule has 2 aromatic rings. The molecule has 0 radical (unpaired) electrons. The van der Waals surface area contributed by atoms with Gasteiger partial charge in [-0.05, 0) is 36.8 Å². The van der Waals surface area contributed by atoms with Crippen molar-refractivity contribution in [3.8, 4) is 5.69 Å². The fraction of sp³-hybridized carbons (Fsp3) is 0.444. The SMILES string of the molecule is O=C(c1ccc(-n2cccn2)cc1)N1CCN(C2CCS(=O)(=O)C2)CC1. The number of nitrogens with zero attached hydrogens (tertiary/aromatic N) is 4. The maximum atomic E-state index is 12.7. The first-order valence-electron chi connectivity index (χ1n) is 8.86. The van der Waals surface area contributed by atoms with E-state index >= 15 is 0 Å². The number of rotatable bonds is 3. The molecule has 2 saturated heterocycles. The van der Waals surface area contributed by atoms with Gasteiger partial charge in [0.1, 0.15) is 0 Å². The topological polar surface area (TPSA) is 75.5 Å². The molecule has 1 atom stereocenters. The minimum absolute atomic E-state index is 0.0238. The van der Waals surface area contributed by atoms with Crippen LogP contribution in [-0.4, -0.2) is 77.6 Å². The highest BCUT2D eigenvalue weighted by molar-refractivity contribution is 7.91. The van der Waals surface area contributed by atoms with Crippen molar-refractivity contribution in [3.63, 3.8) is 0 Å². The summed E-state index contributed by atoms with van der Waals surface area (Å²) >= 11 is 0. The normalized spacial score (nSPS) is 23.2. The van der Waals surface area contributed by atoms with Gasteiger partial charge in [-0.15, -0.1) is 0 Å². The Morgan fingerprint density at radius 1 is 1.08 bits per heavy atom. The van der Waals surface area contributed by atoms with Crippen LogP contribution in [0.4, 0.5) is 0 Å². The third-order valence-electron chi connectivity index (χ3n) is 5.21. The molecule has 3 heterocycles. The molecule has 0 N–H and O–H groups in total. The maximum absolute atomic E-state index is 12.7. The first kappa shape index (κ1) is 17.2. The molecule has 2 fully saturated rings.